The molecule has 2 aromatic rings. The van der Waals surface area contributed by atoms with E-state index < -0.39 is 18.0 Å². The van der Waals surface area contributed by atoms with Crippen molar-refractivity contribution < 1.29 is 18.0 Å². The number of amides is 1. The van der Waals surface area contributed by atoms with Crippen LogP contribution in [-0.2, 0) is 11.2 Å². The van der Waals surface area contributed by atoms with Crippen LogP contribution in [0.25, 0.3) is 5.78 Å². The summed E-state index contributed by atoms with van der Waals surface area (Å²) in [5.74, 6) is -0.981. The largest absolute Gasteiger partial charge is 0.393 e. The average molecular weight is 539 g/mol. The first-order valence-corrected chi connectivity index (χ1v) is 13.8. The number of piperidine rings is 1. The first-order valence-electron chi connectivity index (χ1n) is 13.8. The summed E-state index contributed by atoms with van der Waals surface area (Å²) in [7, 11) is 3.97. The van der Waals surface area contributed by atoms with Crippen LogP contribution >= 0.6 is 0 Å². The molecule has 0 bridgehead atoms. The number of alkyl halides is 3. The van der Waals surface area contributed by atoms with Crippen LogP contribution in [0.4, 0.5) is 19.0 Å². The second-order valence-corrected chi connectivity index (χ2v) is 11.0. The Labute approximate surface area is 222 Å². The molecule has 0 aromatic carbocycles. The van der Waals surface area contributed by atoms with Crippen LogP contribution in [0.3, 0.4) is 0 Å². The Morgan fingerprint density at radius 2 is 1.92 bits per heavy atom. The molecule has 2 aliphatic rings. The highest BCUT2D eigenvalue weighted by Gasteiger charge is 2.45. The fourth-order valence-electron chi connectivity index (χ4n) is 5.31. The zero-order chi connectivity index (χ0) is 27.4. The minimum Gasteiger partial charge on any atom is -0.355 e. The molecule has 0 aliphatic carbocycles. The first-order chi connectivity index (χ1) is 18.1. The summed E-state index contributed by atoms with van der Waals surface area (Å²) in [5, 5.41) is 10.6. The number of halogens is 3. The monoisotopic (exact) mass is 538 g/mol. The molecule has 212 valence electrons. The van der Waals surface area contributed by atoms with E-state index in [1.165, 1.54) is 0 Å². The molecule has 38 heavy (non-hydrogen) atoms. The quantitative estimate of drug-likeness (QED) is 0.480. The number of rotatable bonds is 10. The lowest BCUT2D eigenvalue weighted by atomic mass is 9.86. The van der Waals surface area contributed by atoms with Crippen LogP contribution in [0, 0.1) is 17.8 Å². The van der Waals surface area contributed by atoms with Gasteiger partial charge >= 0.3 is 6.18 Å². The second kappa shape index (κ2) is 12.1. The molecule has 0 spiro atoms. The standard InChI is InChI=1S/C26H41F3N8O/c1-5-17(2)7-6-8-20(30-3)22-16-37-25(32-22)33-23(36-11-9-35(4)10-12-36)21(34-37)14-18-13-19(26(27,28)29)15-31-24(18)38/h16-20,30H,5-15H2,1-4H3,(H,31,38). The highest BCUT2D eigenvalue weighted by molar-refractivity contribution is 5.80. The number of fused-ring (bicyclic) bond motifs is 1. The number of piperazine rings is 1. The number of likely N-dealkylation sites (N-methyl/N-ethyl adjacent to an activating group) is 1. The van der Waals surface area contributed by atoms with Gasteiger partial charge in [0, 0.05) is 45.1 Å². The molecule has 2 N–H and O–H groups in total. The summed E-state index contributed by atoms with van der Waals surface area (Å²) in [6.07, 6.45) is 1.67. The molecule has 12 heteroatoms. The van der Waals surface area contributed by atoms with Gasteiger partial charge in [-0.25, -0.2) is 9.50 Å². The Morgan fingerprint density at radius 3 is 2.58 bits per heavy atom. The number of hydrogen-bond acceptors (Lipinski definition) is 7. The van der Waals surface area contributed by atoms with E-state index >= 15 is 0 Å². The molecular formula is C26H41F3N8O. The lowest BCUT2D eigenvalue weighted by Gasteiger charge is -2.34. The highest BCUT2D eigenvalue weighted by atomic mass is 19.4. The maximum atomic E-state index is 13.4. The van der Waals surface area contributed by atoms with Crippen LogP contribution < -0.4 is 15.5 Å². The van der Waals surface area contributed by atoms with Crippen molar-refractivity contribution in [3.8, 4) is 0 Å². The zero-order valence-corrected chi connectivity index (χ0v) is 22.9. The fraction of sp³-hybridized carbons (Fsp3) is 0.769. The number of hydrogen-bond donors (Lipinski definition) is 2. The van der Waals surface area contributed by atoms with E-state index in [2.05, 4.69) is 41.3 Å². The minimum atomic E-state index is -4.35. The Bertz CT molecular complexity index is 1080. The van der Waals surface area contributed by atoms with Gasteiger partial charge < -0.3 is 20.4 Å². The van der Waals surface area contributed by atoms with Crippen molar-refractivity contribution in [2.45, 2.75) is 64.6 Å². The third-order valence-electron chi connectivity index (χ3n) is 8.14. The molecule has 4 atom stereocenters. The van der Waals surface area contributed by atoms with E-state index in [9.17, 15) is 18.0 Å². The summed E-state index contributed by atoms with van der Waals surface area (Å²) in [5.41, 5.74) is 1.37. The van der Waals surface area contributed by atoms with Gasteiger partial charge in [-0.3, -0.25) is 4.79 Å². The van der Waals surface area contributed by atoms with Crippen molar-refractivity contribution in [2.24, 2.45) is 17.8 Å². The number of anilines is 1. The first kappa shape index (κ1) is 28.5. The normalized spacial score (nSPS) is 23.0. The van der Waals surface area contributed by atoms with Gasteiger partial charge in [0.1, 0.15) is 5.69 Å². The SMILES string of the molecule is CCC(C)CCCC(NC)c1cn2nc(CC3CC(C(F)(F)F)CNC3=O)c(N3CCN(C)CC3)nc2n1. The van der Waals surface area contributed by atoms with E-state index in [-0.39, 0.29) is 31.3 Å². The van der Waals surface area contributed by atoms with Gasteiger partial charge in [-0.2, -0.15) is 23.3 Å². The summed E-state index contributed by atoms with van der Waals surface area (Å²) in [6.45, 7) is 7.21. The third-order valence-corrected chi connectivity index (χ3v) is 8.14. The molecule has 0 radical (unpaired) electrons. The van der Waals surface area contributed by atoms with Gasteiger partial charge in [0.25, 0.3) is 5.78 Å². The van der Waals surface area contributed by atoms with Gasteiger partial charge in [0.2, 0.25) is 5.91 Å². The topological polar surface area (TPSA) is 90.7 Å². The number of aromatic nitrogens is 4. The molecule has 4 rings (SSSR count). The summed E-state index contributed by atoms with van der Waals surface area (Å²) < 4.78 is 42.0. The molecule has 2 saturated heterocycles. The maximum Gasteiger partial charge on any atom is 0.393 e. The Morgan fingerprint density at radius 1 is 1.18 bits per heavy atom. The van der Waals surface area contributed by atoms with Crippen LogP contribution in [0.2, 0.25) is 0 Å². The number of nitrogens with one attached hydrogen (secondary N) is 2. The summed E-state index contributed by atoms with van der Waals surface area (Å²) in [6, 6.07) is 0.0507. The lowest BCUT2D eigenvalue weighted by molar-refractivity contribution is -0.183. The van der Waals surface area contributed by atoms with Crippen LogP contribution in [-0.4, -0.2) is 83.4 Å². The molecule has 2 aliphatic heterocycles. The van der Waals surface area contributed by atoms with Crippen molar-refractivity contribution in [3.05, 3.63) is 17.6 Å². The van der Waals surface area contributed by atoms with Crippen molar-refractivity contribution in [1.29, 1.82) is 0 Å². The van der Waals surface area contributed by atoms with E-state index in [0.29, 0.717) is 23.2 Å². The number of nitrogens with zero attached hydrogens (tertiary/aromatic N) is 6. The lowest BCUT2D eigenvalue weighted by Crippen LogP contribution is -2.48. The maximum absolute atomic E-state index is 13.4. The number of imidazole rings is 1. The predicted octanol–water partition coefficient (Wildman–Crippen LogP) is 3.21. The number of carbonyl (C=O) groups excluding carboxylic acids is 1. The van der Waals surface area contributed by atoms with Crippen molar-refractivity contribution >= 4 is 17.5 Å². The van der Waals surface area contributed by atoms with E-state index in [1.807, 2.05) is 13.2 Å². The minimum absolute atomic E-state index is 0.0507. The smallest absolute Gasteiger partial charge is 0.355 e. The van der Waals surface area contributed by atoms with E-state index in [0.717, 1.165) is 57.6 Å². The average Bonchev–Trinajstić information content (AvgIpc) is 3.29. The van der Waals surface area contributed by atoms with Crippen molar-refractivity contribution in [2.75, 3.05) is 51.7 Å². The fourth-order valence-corrected chi connectivity index (χ4v) is 5.31. The van der Waals surface area contributed by atoms with Crippen molar-refractivity contribution in [1.82, 2.24) is 35.1 Å². The predicted molar refractivity (Wildman–Crippen MR) is 140 cm³/mol. The van der Waals surface area contributed by atoms with Crippen LogP contribution in [0.5, 0.6) is 0 Å². The van der Waals surface area contributed by atoms with Gasteiger partial charge in [-0.1, -0.05) is 33.1 Å². The highest BCUT2D eigenvalue weighted by Crippen LogP contribution is 2.35. The van der Waals surface area contributed by atoms with Gasteiger partial charge in [0.05, 0.1) is 23.9 Å². The summed E-state index contributed by atoms with van der Waals surface area (Å²) in [4.78, 5) is 26.6. The van der Waals surface area contributed by atoms with E-state index in [4.69, 9.17) is 15.1 Å². The van der Waals surface area contributed by atoms with Gasteiger partial charge in [-0.05, 0) is 32.9 Å². The molecule has 2 fully saturated rings. The third kappa shape index (κ3) is 6.74. The Hall–Kier alpha value is -2.47. The zero-order valence-electron chi connectivity index (χ0n) is 22.9. The molecule has 2 aromatic heterocycles. The van der Waals surface area contributed by atoms with E-state index in [1.54, 1.807) is 4.52 Å². The Kier molecular flexibility index (Phi) is 9.12. The second-order valence-electron chi connectivity index (χ2n) is 11.0. The summed E-state index contributed by atoms with van der Waals surface area (Å²) >= 11 is 0. The van der Waals surface area contributed by atoms with Crippen molar-refractivity contribution in [3.63, 3.8) is 0 Å². The Balaban J connectivity index is 1.62. The molecule has 1 amide bonds. The molecule has 9 nitrogen and oxygen atoms in total. The van der Waals surface area contributed by atoms with Crippen LogP contribution in [0.1, 0.15) is 63.4 Å². The van der Waals surface area contributed by atoms with Crippen LogP contribution in [0.15, 0.2) is 6.20 Å². The number of carbonyl (C=O) groups is 1. The van der Waals surface area contributed by atoms with Gasteiger partial charge in [0.15, 0.2) is 5.82 Å². The van der Waals surface area contributed by atoms with Gasteiger partial charge in [-0.15, -0.1) is 0 Å². The molecule has 4 heterocycles. The molecule has 4 unspecified atom stereocenters. The molecular weight excluding hydrogens is 497 g/mol. The molecule has 0 saturated carbocycles.